The van der Waals surface area contributed by atoms with Crippen molar-refractivity contribution in [3.05, 3.63) is 22.3 Å². The molecule has 0 aliphatic carbocycles. The van der Waals surface area contributed by atoms with Gasteiger partial charge in [-0.05, 0) is 16.7 Å². The van der Waals surface area contributed by atoms with Gasteiger partial charge in [-0.25, -0.2) is 4.79 Å². The molecular formula is C16H25B3N2O7S. The SMILES string of the molecule is BCc1c(NC(C)=O)c(CB)c(C(=O)OCCS(=O)(=O)O)c(CB)c1NC(C)=O. The number of esters is 1. The number of carbonyl (C=O) groups excluding carboxylic acids is 3. The quantitative estimate of drug-likeness (QED) is 0.239. The zero-order valence-electron chi connectivity index (χ0n) is 17.3. The predicted molar refractivity (Wildman–Crippen MR) is 118 cm³/mol. The topological polar surface area (TPSA) is 139 Å². The zero-order chi connectivity index (χ0) is 22.4. The van der Waals surface area contributed by atoms with Crippen molar-refractivity contribution in [1.82, 2.24) is 0 Å². The highest BCUT2D eigenvalue weighted by Crippen LogP contribution is 2.37. The van der Waals surface area contributed by atoms with Gasteiger partial charge in [-0.15, -0.1) is 0 Å². The molecule has 156 valence electrons. The molecule has 0 heterocycles. The minimum absolute atomic E-state index is 0.176. The second-order valence-electron chi connectivity index (χ2n) is 6.41. The first-order chi connectivity index (χ1) is 13.5. The van der Waals surface area contributed by atoms with Gasteiger partial charge in [0.25, 0.3) is 10.1 Å². The smallest absolute Gasteiger partial charge is 0.338 e. The minimum atomic E-state index is -4.28. The van der Waals surface area contributed by atoms with Gasteiger partial charge >= 0.3 is 5.97 Å². The van der Waals surface area contributed by atoms with Gasteiger partial charge in [-0.3, -0.25) is 14.1 Å². The molecule has 29 heavy (non-hydrogen) atoms. The Morgan fingerprint density at radius 1 is 0.897 bits per heavy atom. The van der Waals surface area contributed by atoms with Crippen LogP contribution in [0.1, 0.15) is 40.9 Å². The van der Waals surface area contributed by atoms with E-state index in [1.165, 1.54) is 13.8 Å². The Labute approximate surface area is 173 Å². The van der Waals surface area contributed by atoms with E-state index in [-0.39, 0.29) is 17.4 Å². The summed E-state index contributed by atoms with van der Waals surface area (Å²) in [5.74, 6) is -2.19. The molecule has 0 aliphatic heterocycles. The molecule has 0 bridgehead atoms. The highest BCUT2D eigenvalue weighted by Gasteiger charge is 2.27. The Morgan fingerprint density at radius 2 is 1.31 bits per heavy atom. The van der Waals surface area contributed by atoms with Crippen LogP contribution in [0, 0.1) is 0 Å². The average molecular weight is 422 g/mol. The van der Waals surface area contributed by atoms with Crippen molar-refractivity contribution in [1.29, 1.82) is 0 Å². The molecule has 0 aliphatic rings. The van der Waals surface area contributed by atoms with Gasteiger partial charge in [0.15, 0.2) is 0 Å². The molecule has 0 unspecified atom stereocenters. The lowest BCUT2D eigenvalue weighted by atomic mass is 9.79. The Morgan fingerprint density at radius 3 is 1.62 bits per heavy atom. The number of hydrogen-bond donors (Lipinski definition) is 3. The maximum atomic E-state index is 12.8. The van der Waals surface area contributed by atoms with Crippen molar-refractivity contribution in [2.75, 3.05) is 23.0 Å². The lowest BCUT2D eigenvalue weighted by molar-refractivity contribution is -0.115. The van der Waals surface area contributed by atoms with Gasteiger partial charge < -0.3 is 15.4 Å². The van der Waals surface area contributed by atoms with Crippen molar-refractivity contribution in [3.63, 3.8) is 0 Å². The molecule has 0 aromatic heterocycles. The molecular weight excluding hydrogens is 397 g/mol. The van der Waals surface area contributed by atoms with Gasteiger partial charge in [0.1, 0.15) is 35.9 Å². The van der Waals surface area contributed by atoms with Crippen LogP contribution < -0.4 is 10.6 Å². The summed E-state index contributed by atoms with van der Waals surface area (Å²) in [5.41, 5.74) is 2.82. The second-order valence-corrected chi connectivity index (χ2v) is 7.98. The van der Waals surface area contributed by atoms with Crippen molar-refractivity contribution in [2.45, 2.75) is 32.8 Å². The molecule has 0 spiro atoms. The first-order valence-electron chi connectivity index (χ1n) is 9.34. The molecule has 13 heteroatoms. The van der Waals surface area contributed by atoms with E-state index in [9.17, 15) is 22.8 Å². The monoisotopic (exact) mass is 422 g/mol. The summed E-state index contributed by atoms with van der Waals surface area (Å²) in [6.07, 6.45) is 1.26. The Hall–Kier alpha value is -2.27. The maximum absolute atomic E-state index is 12.8. The number of rotatable bonds is 9. The van der Waals surface area contributed by atoms with Crippen LogP contribution in [0.15, 0.2) is 0 Å². The molecule has 1 aromatic rings. The van der Waals surface area contributed by atoms with Crippen molar-refractivity contribution < 1.29 is 32.1 Å². The minimum Gasteiger partial charge on any atom is -0.461 e. The first-order valence-corrected chi connectivity index (χ1v) is 11.0. The number of anilines is 2. The third-order valence-corrected chi connectivity index (χ3v) is 4.93. The first kappa shape index (κ1) is 24.8. The van der Waals surface area contributed by atoms with Crippen LogP contribution in [0.4, 0.5) is 11.4 Å². The lowest BCUT2D eigenvalue weighted by Crippen LogP contribution is -2.23. The van der Waals surface area contributed by atoms with E-state index in [1.807, 2.05) is 23.5 Å². The normalized spacial score (nSPS) is 11.0. The zero-order valence-corrected chi connectivity index (χ0v) is 18.2. The predicted octanol–water partition coefficient (Wildman–Crippen LogP) is -1.95. The van der Waals surface area contributed by atoms with E-state index >= 15 is 0 Å². The summed E-state index contributed by atoms with van der Waals surface area (Å²) in [6, 6.07) is 0. The molecule has 2 amide bonds. The average Bonchev–Trinajstić information content (AvgIpc) is 2.59. The fraction of sp³-hybridized carbons (Fsp3) is 0.438. The number of ether oxygens (including phenoxy) is 1. The van der Waals surface area contributed by atoms with E-state index in [2.05, 4.69) is 10.6 Å². The largest absolute Gasteiger partial charge is 0.461 e. The summed E-state index contributed by atoms with van der Waals surface area (Å²) in [6.45, 7) is 2.16. The van der Waals surface area contributed by atoms with E-state index in [0.717, 1.165) is 0 Å². The number of nitrogens with one attached hydrogen (secondary N) is 2. The van der Waals surface area contributed by atoms with Crippen LogP contribution >= 0.6 is 0 Å². The maximum Gasteiger partial charge on any atom is 0.338 e. The van der Waals surface area contributed by atoms with E-state index < -0.39 is 28.4 Å². The van der Waals surface area contributed by atoms with Gasteiger partial charge in [-0.1, -0.05) is 19.0 Å². The molecule has 0 saturated heterocycles. The highest BCUT2D eigenvalue weighted by molar-refractivity contribution is 7.85. The Bertz CT molecular complexity index is 875. The lowest BCUT2D eigenvalue weighted by Gasteiger charge is -2.25. The Balaban J connectivity index is 3.72. The summed E-state index contributed by atoms with van der Waals surface area (Å²) in [7, 11) is 1.21. The van der Waals surface area contributed by atoms with Crippen LogP contribution in [0.3, 0.4) is 0 Å². The summed E-state index contributed by atoms with van der Waals surface area (Å²) < 4.78 is 35.7. The summed E-state index contributed by atoms with van der Waals surface area (Å²) >= 11 is 0. The number of benzene rings is 1. The van der Waals surface area contributed by atoms with E-state index in [1.54, 1.807) is 0 Å². The highest BCUT2D eigenvalue weighted by atomic mass is 32.2. The van der Waals surface area contributed by atoms with Crippen molar-refractivity contribution >= 4 is 62.8 Å². The molecule has 3 N–H and O–H groups in total. The molecule has 0 saturated carbocycles. The van der Waals surface area contributed by atoms with Crippen LogP contribution in [-0.4, -0.2) is 66.7 Å². The van der Waals surface area contributed by atoms with Crippen molar-refractivity contribution in [2.24, 2.45) is 0 Å². The van der Waals surface area contributed by atoms with Crippen LogP contribution in [0.5, 0.6) is 0 Å². The molecule has 0 radical (unpaired) electrons. The van der Waals surface area contributed by atoms with Crippen LogP contribution in [-0.2, 0) is 43.4 Å². The van der Waals surface area contributed by atoms with Crippen LogP contribution in [0.2, 0.25) is 0 Å². The molecule has 0 atom stereocenters. The van der Waals surface area contributed by atoms with Crippen molar-refractivity contribution in [3.8, 4) is 0 Å². The van der Waals surface area contributed by atoms with Gasteiger partial charge in [0.2, 0.25) is 11.8 Å². The van der Waals surface area contributed by atoms with Gasteiger partial charge in [-0.2, -0.15) is 8.42 Å². The van der Waals surface area contributed by atoms with Crippen LogP contribution in [0.25, 0.3) is 0 Å². The summed E-state index contributed by atoms with van der Waals surface area (Å²) in [5, 5.41) is 5.50. The molecule has 0 fully saturated rings. The molecule has 1 aromatic carbocycles. The summed E-state index contributed by atoms with van der Waals surface area (Å²) in [4.78, 5) is 36.4. The molecule has 9 nitrogen and oxygen atoms in total. The second kappa shape index (κ2) is 10.5. The number of amides is 2. The fourth-order valence-corrected chi connectivity index (χ4v) is 3.49. The van der Waals surface area contributed by atoms with Gasteiger partial charge in [0, 0.05) is 25.2 Å². The molecule has 1 rings (SSSR count). The Kier molecular flexibility index (Phi) is 8.96. The standard InChI is InChI=1S/C16H25B3N2O7S/c1-8(22)20-14-10(5-17)13(16(24)28-3-4-29(25,26)27)11(6-18)15(12(14)7-19)21-9(2)23/h3-7,17-19H2,1-2H3,(H,20,22)(H,21,23)(H,25,26,27). The number of carbonyl (C=O) groups is 3. The third-order valence-electron chi connectivity index (χ3n) is 4.25. The van der Waals surface area contributed by atoms with E-state index in [0.29, 0.717) is 47.0 Å². The van der Waals surface area contributed by atoms with Gasteiger partial charge in [0.05, 0.1) is 5.56 Å². The number of hydrogen-bond acceptors (Lipinski definition) is 6. The van der Waals surface area contributed by atoms with E-state index in [4.69, 9.17) is 9.29 Å². The third kappa shape index (κ3) is 6.64. The fourth-order valence-electron chi connectivity index (χ4n) is 3.19.